The maximum atomic E-state index is 13.4. The number of aromatic nitrogens is 1. The minimum atomic E-state index is -1.23. The number of pyridine rings is 1. The molecule has 1 aromatic carbocycles. The molecular formula is C24H27FN4O3. The van der Waals surface area contributed by atoms with Crippen LogP contribution in [0.1, 0.15) is 33.3 Å². The first-order chi connectivity index (χ1) is 15.0. The predicted octanol–water partition coefficient (Wildman–Crippen LogP) is 3.83. The van der Waals surface area contributed by atoms with E-state index in [1.165, 1.54) is 12.1 Å². The minimum absolute atomic E-state index is 0.0661. The summed E-state index contributed by atoms with van der Waals surface area (Å²) in [6.45, 7) is 8.29. The van der Waals surface area contributed by atoms with Crippen molar-refractivity contribution < 1.29 is 18.7 Å². The van der Waals surface area contributed by atoms with Crippen LogP contribution in [0.5, 0.6) is 5.88 Å². The van der Waals surface area contributed by atoms with Gasteiger partial charge < -0.3 is 20.1 Å². The van der Waals surface area contributed by atoms with Crippen LogP contribution in [0.2, 0.25) is 0 Å². The fourth-order valence-electron chi connectivity index (χ4n) is 3.96. The van der Waals surface area contributed by atoms with E-state index in [0.29, 0.717) is 35.8 Å². The second-order valence-electron chi connectivity index (χ2n) is 9.70. The lowest BCUT2D eigenvalue weighted by Crippen LogP contribution is -2.38. The molecule has 1 saturated carbocycles. The molecule has 2 N–H and O–H groups in total. The summed E-state index contributed by atoms with van der Waals surface area (Å²) in [6.07, 6.45) is -0.376. The van der Waals surface area contributed by atoms with E-state index in [1.807, 2.05) is 20.8 Å². The molecule has 1 aliphatic carbocycles. The highest BCUT2D eigenvalue weighted by Crippen LogP contribution is 2.48. The lowest BCUT2D eigenvalue weighted by Gasteiger charge is -2.26. The van der Waals surface area contributed by atoms with Gasteiger partial charge in [-0.1, -0.05) is 0 Å². The molecule has 8 heteroatoms. The maximum absolute atomic E-state index is 13.4. The molecule has 1 aromatic heterocycles. The molecule has 2 aliphatic rings. The summed E-state index contributed by atoms with van der Waals surface area (Å²) in [5, 5.41) is 9.49. The lowest BCUT2D eigenvalue weighted by atomic mass is 9.94. The Kier molecular flexibility index (Phi) is 5.33. The van der Waals surface area contributed by atoms with Gasteiger partial charge in [-0.2, -0.15) is 5.26 Å². The number of ether oxygens (including phenoxy) is 2. The topological polar surface area (TPSA) is 101 Å². The number of amides is 1. The van der Waals surface area contributed by atoms with Crippen LogP contribution in [0, 0.1) is 29.0 Å². The van der Waals surface area contributed by atoms with Crippen LogP contribution in [0.3, 0.4) is 0 Å². The third kappa shape index (κ3) is 4.53. The van der Waals surface area contributed by atoms with E-state index in [2.05, 4.69) is 11.1 Å². The summed E-state index contributed by atoms with van der Waals surface area (Å²) in [5.41, 5.74) is 6.19. The molecule has 1 amide bonds. The molecule has 2 heterocycles. The van der Waals surface area contributed by atoms with E-state index in [-0.39, 0.29) is 29.9 Å². The quantitative estimate of drug-likeness (QED) is 0.779. The highest BCUT2D eigenvalue weighted by atomic mass is 19.1. The van der Waals surface area contributed by atoms with Crippen molar-refractivity contribution in [3.8, 4) is 23.2 Å². The highest BCUT2D eigenvalue weighted by Gasteiger charge is 2.59. The number of halogens is 1. The van der Waals surface area contributed by atoms with Crippen molar-refractivity contribution in [3.05, 3.63) is 47.8 Å². The summed E-state index contributed by atoms with van der Waals surface area (Å²) in [6, 6.07) is 11.4. The van der Waals surface area contributed by atoms with Crippen molar-refractivity contribution in [1.29, 1.82) is 5.26 Å². The highest BCUT2D eigenvalue weighted by molar-refractivity contribution is 5.69. The van der Waals surface area contributed by atoms with E-state index >= 15 is 0 Å². The number of likely N-dealkylation sites (tertiary alicyclic amines) is 1. The normalized spacial score (nSPS) is 23.7. The van der Waals surface area contributed by atoms with Gasteiger partial charge in [-0.3, -0.25) is 0 Å². The molecule has 2 fully saturated rings. The van der Waals surface area contributed by atoms with E-state index in [4.69, 9.17) is 15.2 Å². The Labute approximate surface area is 186 Å². The number of carbonyl (C=O) groups excluding carboxylic acids is 1. The zero-order valence-corrected chi connectivity index (χ0v) is 18.6. The van der Waals surface area contributed by atoms with Gasteiger partial charge in [-0.15, -0.1) is 0 Å². The molecule has 0 radical (unpaired) electrons. The van der Waals surface area contributed by atoms with Crippen LogP contribution in [-0.2, 0) is 10.3 Å². The Hall–Kier alpha value is -3.18. The van der Waals surface area contributed by atoms with Gasteiger partial charge in [-0.25, -0.2) is 14.2 Å². The Morgan fingerprint density at radius 2 is 1.81 bits per heavy atom. The van der Waals surface area contributed by atoms with Crippen molar-refractivity contribution in [2.24, 2.45) is 17.6 Å². The summed E-state index contributed by atoms with van der Waals surface area (Å²) >= 11 is 0. The number of benzene rings is 1. The number of rotatable bonds is 4. The van der Waals surface area contributed by atoms with E-state index in [1.54, 1.807) is 36.1 Å². The molecule has 1 saturated heterocycles. The van der Waals surface area contributed by atoms with Gasteiger partial charge >= 0.3 is 6.09 Å². The van der Waals surface area contributed by atoms with Crippen LogP contribution in [0.4, 0.5) is 9.18 Å². The van der Waals surface area contributed by atoms with Crippen molar-refractivity contribution in [2.75, 3.05) is 13.1 Å². The molecule has 2 aromatic rings. The van der Waals surface area contributed by atoms with Gasteiger partial charge in [0.2, 0.25) is 5.88 Å². The molecular weight excluding hydrogens is 411 g/mol. The van der Waals surface area contributed by atoms with E-state index in [0.717, 1.165) is 0 Å². The number of piperidine rings is 1. The summed E-state index contributed by atoms with van der Waals surface area (Å²) in [4.78, 5) is 18.6. The van der Waals surface area contributed by atoms with Crippen LogP contribution in [0.15, 0.2) is 36.4 Å². The van der Waals surface area contributed by atoms with Crippen molar-refractivity contribution in [2.45, 2.75) is 44.9 Å². The lowest BCUT2D eigenvalue weighted by molar-refractivity contribution is 0.0252. The zero-order chi connectivity index (χ0) is 23.3. The Morgan fingerprint density at radius 3 is 2.38 bits per heavy atom. The SMILES string of the molecule is CC(C)(C)OC(=O)N1C[C@@H]2C(Oc3cc(C(C)(N)C#N)cc(-c4ccc(F)cc4)n3)[C@@H]2C1. The van der Waals surface area contributed by atoms with Gasteiger partial charge in [0.05, 0.1) is 11.8 Å². The van der Waals surface area contributed by atoms with E-state index < -0.39 is 11.1 Å². The number of hydrogen-bond acceptors (Lipinski definition) is 6. The minimum Gasteiger partial charge on any atom is -0.474 e. The largest absolute Gasteiger partial charge is 0.474 e. The molecule has 0 bridgehead atoms. The fraction of sp³-hybridized carbons (Fsp3) is 0.458. The summed E-state index contributed by atoms with van der Waals surface area (Å²) < 4.78 is 25.0. The van der Waals surface area contributed by atoms with Crippen LogP contribution < -0.4 is 10.5 Å². The van der Waals surface area contributed by atoms with Crippen LogP contribution in [-0.4, -0.2) is 40.8 Å². The standard InChI is InChI=1S/C24H27FN4O3/c1-23(2,3)32-22(30)29-11-17-18(12-29)21(17)31-20-10-15(24(4,27)13-26)9-19(28-20)14-5-7-16(25)8-6-14/h5-10,17-18,21H,11-12,27H2,1-4H3/t17-,18+,21?,24?. The van der Waals surface area contributed by atoms with Crippen molar-refractivity contribution >= 4 is 6.09 Å². The molecule has 2 unspecified atom stereocenters. The Morgan fingerprint density at radius 1 is 1.19 bits per heavy atom. The average Bonchev–Trinajstić information content (AvgIpc) is 3.15. The van der Waals surface area contributed by atoms with Crippen LogP contribution in [0.25, 0.3) is 11.3 Å². The van der Waals surface area contributed by atoms with Crippen molar-refractivity contribution in [1.82, 2.24) is 9.88 Å². The van der Waals surface area contributed by atoms with Crippen LogP contribution >= 0.6 is 0 Å². The van der Waals surface area contributed by atoms with Gasteiger partial charge in [-0.05, 0) is 63.6 Å². The first-order valence-corrected chi connectivity index (χ1v) is 10.6. The third-order valence-electron chi connectivity index (χ3n) is 5.80. The summed E-state index contributed by atoms with van der Waals surface area (Å²) in [7, 11) is 0. The molecule has 32 heavy (non-hydrogen) atoms. The molecule has 1 aliphatic heterocycles. The van der Waals surface area contributed by atoms with Gasteiger partial charge in [0.1, 0.15) is 23.1 Å². The Balaban J connectivity index is 1.51. The monoisotopic (exact) mass is 438 g/mol. The molecule has 168 valence electrons. The molecule has 7 nitrogen and oxygen atoms in total. The molecule has 0 spiro atoms. The first kappa shape index (κ1) is 22.0. The number of nitriles is 1. The van der Waals surface area contributed by atoms with E-state index in [9.17, 15) is 14.4 Å². The van der Waals surface area contributed by atoms with Crippen molar-refractivity contribution in [3.63, 3.8) is 0 Å². The fourth-order valence-corrected chi connectivity index (χ4v) is 3.96. The van der Waals surface area contributed by atoms with Gasteiger partial charge in [0.15, 0.2) is 0 Å². The second kappa shape index (κ2) is 7.75. The number of fused-ring (bicyclic) bond motifs is 1. The summed E-state index contributed by atoms with van der Waals surface area (Å²) in [5.74, 6) is 0.435. The number of hydrogen-bond donors (Lipinski definition) is 1. The predicted molar refractivity (Wildman–Crippen MR) is 116 cm³/mol. The average molecular weight is 439 g/mol. The van der Waals surface area contributed by atoms with Gasteiger partial charge in [0.25, 0.3) is 0 Å². The third-order valence-corrected chi connectivity index (χ3v) is 5.80. The zero-order valence-electron chi connectivity index (χ0n) is 18.6. The number of nitrogens with zero attached hydrogens (tertiary/aromatic N) is 3. The number of carbonyl (C=O) groups is 1. The first-order valence-electron chi connectivity index (χ1n) is 10.6. The number of nitrogens with two attached hydrogens (primary N) is 1. The molecule has 4 atom stereocenters. The molecule has 4 rings (SSSR count). The second-order valence-corrected chi connectivity index (χ2v) is 9.70. The maximum Gasteiger partial charge on any atom is 0.410 e. The smallest absolute Gasteiger partial charge is 0.410 e. The Bertz CT molecular complexity index is 1060. The van der Waals surface area contributed by atoms with Gasteiger partial charge in [0, 0.05) is 36.6 Å².